The van der Waals surface area contributed by atoms with E-state index in [9.17, 15) is 8.42 Å². The summed E-state index contributed by atoms with van der Waals surface area (Å²) in [6.45, 7) is 0.613. The maximum atomic E-state index is 11.3. The van der Waals surface area contributed by atoms with Crippen molar-refractivity contribution in [2.45, 2.75) is 11.3 Å². The third-order valence-electron chi connectivity index (χ3n) is 2.55. The second-order valence-electron chi connectivity index (χ2n) is 3.92. The number of nitrogen functional groups attached to an aromatic ring is 1. The molecule has 19 heavy (non-hydrogen) atoms. The first-order valence-corrected chi connectivity index (χ1v) is 7.99. The lowest BCUT2D eigenvalue weighted by Crippen LogP contribution is -2.16. The summed E-state index contributed by atoms with van der Waals surface area (Å²) >= 11 is 1.54. The molecule has 1 aromatic carbocycles. The number of hydrogen-bond donors (Lipinski definition) is 3. The van der Waals surface area contributed by atoms with Gasteiger partial charge in [0.25, 0.3) is 0 Å². The Balaban J connectivity index is 2.09. The number of thiazole rings is 1. The lowest BCUT2D eigenvalue weighted by atomic mass is 10.2. The first-order chi connectivity index (χ1) is 8.98. The van der Waals surface area contributed by atoms with Crippen molar-refractivity contribution in [2.24, 2.45) is 5.14 Å². The Morgan fingerprint density at radius 1 is 1.37 bits per heavy atom. The molecule has 0 unspecified atom stereocenters. The Hall–Kier alpha value is -1.64. The van der Waals surface area contributed by atoms with Crippen LogP contribution in [0.3, 0.4) is 0 Å². The van der Waals surface area contributed by atoms with Gasteiger partial charge in [0.15, 0.2) is 0 Å². The summed E-state index contributed by atoms with van der Waals surface area (Å²) in [5.41, 5.74) is 9.25. The molecule has 0 atom stereocenters. The minimum atomic E-state index is -3.80. The number of nitrogens with two attached hydrogens (primary N) is 2. The van der Waals surface area contributed by atoms with Crippen molar-refractivity contribution in [2.75, 3.05) is 17.6 Å². The highest BCUT2D eigenvalue weighted by Crippen LogP contribution is 2.25. The lowest BCUT2D eigenvalue weighted by molar-refractivity contribution is 0.598. The zero-order chi connectivity index (χ0) is 13.9. The molecule has 1 aromatic heterocycles. The summed E-state index contributed by atoms with van der Waals surface area (Å²) in [6, 6.07) is 4.70. The predicted octanol–water partition coefficient (Wildman–Crippen LogP) is 1.03. The summed E-state index contributed by atoms with van der Waals surface area (Å²) in [6.07, 6.45) is 0.739. The van der Waals surface area contributed by atoms with Crippen LogP contribution in [-0.2, 0) is 16.4 Å². The molecule has 0 spiro atoms. The van der Waals surface area contributed by atoms with E-state index in [0.717, 1.165) is 12.1 Å². The molecule has 102 valence electrons. The molecule has 0 saturated heterocycles. The predicted molar refractivity (Wildman–Crippen MR) is 76.5 cm³/mol. The molecular weight excluding hydrogens is 284 g/mol. The second kappa shape index (κ2) is 5.55. The molecule has 0 bridgehead atoms. The number of nitrogens with one attached hydrogen (secondary N) is 1. The third kappa shape index (κ3) is 3.43. The summed E-state index contributed by atoms with van der Waals surface area (Å²) < 4.78 is 22.7. The van der Waals surface area contributed by atoms with Crippen LogP contribution in [0.15, 0.2) is 34.0 Å². The number of hydrogen-bond acceptors (Lipinski definition) is 6. The number of rotatable bonds is 5. The standard InChI is InChI=1S/C11H14N4O2S2/c12-11-9(2-1-3-10(11)19(13,16)17)14-5-4-8-6-18-7-15-8/h1-3,6-7,14H,4-5,12H2,(H2,13,16,17). The smallest absolute Gasteiger partial charge is 0.240 e. The van der Waals surface area contributed by atoms with Crippen LogP contribution in [0.25, 0.3) is 0 Å². The highest BCUT2D eigenvalue weighted by molar-refractivity contribution is 7.89. The van der Waals surface area contributed by atoms with E-state index in [0.29, 0.717) is 12.2 Å². The van der Waals surface area contributed by atoms with Gasteiger partial charge in [0, 0.05) is 18.3 Å². The summed E-state index contributed by atoms with van der Waals surface area (Å²) in [5, 5.41) is 10.1. The third-order valence-corrected chi connectivity index (χ3v) is 4.16. The topological polar surface area (TPSA) is 111 Å². The molecule has 2 aromatic rings. The van der Waals surface area contributed by atoms with E-state index >= 15 is 0 Å². The number of aromatic nitrogens is 1. The van der Waals surface area contributed by atoms with Crippen molar-refractivity contribution in [3.63, 3.8) is 0 Å². The zero-order valence-corrected chi connectivity index (χ0v) is 11.7. The molecule has 6 nitrogen and oxygen atoms in total. The summed E-state index contributed by atoms with van der Waals surface area (Å²) in [7, 11) is -3.80. The van der Waals surface area contributed by atoms with E-state index in [1.807, 2.05) is 5.38 Å². The number of benzene rings is 1. The molecule has 5 N–H and O–H groups in total. The maximum Gasteiger partial charge on any atom is 0.240 e. The fourth-order valence-corrected chi connectivity index (χ4v) is 2.91. The quantitative estimate of drug-likeness (QED) is 0.714. The van der Waals surface area contributed by atoms with Gasteiger partial charge in [-0.15, -0.1) is 11.3 Å². The van der Waals surface area contributed by atoms with Gasteiger partial charge in [-0.05, 0) is 12.1 Å². The number of para-hydroxylation sites is 1. The van der Waals surface area contributed by atoms with Crippen molar-refractivity contribution >= 4 is 32.7 Å². The van der Waals surface area contributed by atoms with Gasteiger partial charge in [-0.1, -0.05) is 6.07 Å². The summed E-state index contributed by atoms with van der Waals surface area (Å²) in [5.74, 6) is 0. The second-order valence-corrected chi connectivity index (χ2v) is 6.17. The van der Waals surface area contributed by atoms with E-state index in [1.165, 1.54) is 17.4 Å². The molecular formula is C11H14N4O2S2. The molecule has 8 heteroatoms. The fraction of sp³-hybridized carbons (Fsp3) is 0.182. The van der Waals surface area contributed by atoms with Crippen LogP contribution >= 0.6 is 11.3 Å². The first kappa shape index (κ1) is 13.8. The van der Waals surface area contributed by atoms with Crippen LogP contribution in [0, 0.1) is 0 Å². The van der Waals surface area contributed by atoms with Crippen molar-refractivity contribution in [3.8, 4) is 0 Å². The van der Waals surface area contributed by atoms with Crippen LogP contribution in [0.2, 0.25) is 0 Å². The molecule has 2 rings (SSSR count). The number of sulfonamides is 1. The van der Waals surface area contributed by atoms with Crippen LogP contribution < -0.4 is 16.2 Å². The lowest BCUT2D eigenvalue weighted by Gasteiger charge is -2.11. The van der Waals surface area contributed by atoms with E-state index in [1.54, 1.807) is 17.6 Å². The van der Waals surface area contributed by atoms with E-state index in [4.69, 9.17) is 10.9 Å². The van der Waals surface area contributed by atoms with E-state index < -0.39 is 10.0 Å². The van der Waals surface area contributed by atoms with Gasteiger partial charge in [0.1, 0.15) is 4.90 Å². The van der Waals surface area contributed by atoms with E-state index in [2.05, 4.69) is 10.3 Å². The maximum absolute atomic E-state index is 11.3. The van der Waals surface area contributed by atoms with Gasteiger partial charge in [0.05, 0.1) is 22.6 Å². The Morgan fingerprint density at radius 2 is 2.16 bits per heavy atom. The first-order valence-electron chi connectivity index (χ1n) is 5.50. The van der Waals surface area contributed by atoms with Gasteiger partial charge < -0.3 is 11.1 Å². The van der Waals surface area contributed by atoms with Gasteiger partial charge >= 0.3 is 0 Å². The Kier molecular flexibility index (Phi) is 4.03. The summed E-state index contributed by atoms with van der Waals surface area (Å²) in [4.78, 5) is 4.09. The largest absolute Gasteiger partial charge is 0.396 e. The van der Waals surface area contributed by atoms with E-state index in [-0.39, 0.29) is 10.6 Å². The minimum Gasteiger partial charge on any atom is -0.396 e. The molecule has 0 aliphatic rings. The molecule has 0 saturated carbocycles. The SMILES string of the molecule is Nc1c(NCCc2cscn2)cccc1S(N)(=O)=O. The van der Waals surface area contributed by atoms with Gasteiger partial charge in [-0.25, -0.2) is 18.5 Å². The Morgan fingerprint density at radius 3 is 2.79 bits per heavy atom. The minimum absolute atomic E-state index is 0.0637. The Bertz CT molecular complexity index is 653. The monoisotopic (exact) mass is 298 g/mol. The van der Waals surface area contributed by atoms with Gasteiger partial charge in [-0.2, -0.15) is 0 Å². The normalized spacial score (nSPS) is 11.4. The van der Waals surface area contributed by atoms with Crippen molar-refractivity contribution < 1.29 is 8.42 Å². The highest BCUT2D eigenvalue weighted by Gasteiger charge is 2.14. The molecule has 0 aliphatic carbocycles. The highest BCUT2D eigenvalue weighted by atomic mass is 32.2. The molecule has 0 aliphatic heterocycles. The van der Waals surface area contributed by atoms with Crippen LogP contribution in [0.4, 0.5) is 11.4 Å². The number of anilines is 2. The number of primary sulfonamides is 1. The van der Waals surface area contributed by atoms with Crippen molar-refractivity contribution in [3.05, 3.63) is 34.8 Å². The average Bonchev–Trinajstić information content (AvgIpc) is 2.83. The van der Waals surface area contributed by atoms with Gasteiger partial charge in [0.2, 0.25) is 10.0 Å². The van der Waals surface area contributed by atoms with Gasteiger partial charge in [-0.3, -0.25) is 0 Å². The van der Waals surface area contributed by atoms with Crippen molar-refractivity contribution in [1.82, 2.24) is 4.98 Å². The zero-order valence-electron chi connectivity index (χ0n) is 10.0. The Labute approximate surface area is 115 Å². The molecule has 0 amide bonds. The molecule has 0 fully saturated rings. The molecule has 1 heterocycles. The average molecular weight is 298 g/mol. The van der Waals surface area contributed by atoms with Crippen LogP contribution in [-0.4, -0.2) is 19.9 Å². The molecule has 0 radical (unpaired) electrons. The number of nitrogens with zero attached hydrogens (tertiary/aromatic N) is 1. The van der Waals surface area contributed by atoms with Crippen LogP contribution in [0.1, 0.15) is 5.69 Å². The fourth-order valence-electron chi connectivity index (χ4n) is 1.63. The van der Waals surface area contributed by atoms with Crippen molar-refractivity contribution in [1.29, 1.82) is 0 Å². The van der Waals surface area contributed by atoms with Crippen LogP contribution in [0.5, 0.6) is 0 Å².